The lowest BCUT2D eigenvalue weighted by atomic mass is 10.2. The van der Waals surface area contributed by atoms with Crippen LogP contribution in [0.3, 0.4) is 0 Å². The van der Waals surface area contributed by atoms with Crippen LogP contribution in [0.15, 0.2) is 18.2 Å². The molecular weight excluding hydrogens is 208 g/mol. The molecule has 0 radical (unpaired) electrons. The van der Waals surface area contributed by atoms with Crippen LogP contribution in [0.5, 0.6) is 5.75 Å². The first-order chi connectivity index (χ1) is 7.65. The molecule has 0 aliphatic rings. The van der Waals surface area contributed by atoms with Crippen molar-refractivity contribution in [3.8, 4) is 5.75 Å². The quantitative estimate of drug-likeness (QED) is 0.530. The zero-order valence-corrected chi connectivity index (χ0v) is 8.78. The molecule has 1 heterocycles. The van der Waals surface area contributed by atoms with Gasteiger partial charge in [0.25, 0.3) is 0 Å². The second kappa shape index (κ2) is 3.77. The largest absolute Gasteiger partial charge is 0.505 e. The van der Waals surface area contributed by atoms with E-state index in [4.69, 9.17) is 10.5 Å². The summed E-state index contributed by atoms with van der Waals surface area (Å²) in [5, 5.41) is 10.3. The smallest absolute Gasteiger partial charge is 0.358 e. The Morgan fingerprint density at radius 2 is 2.31 bits per heavy atom. The minimum Gasteiger partial charge on any atom is -0.505 e. The van der Waals surface area contributed by atoms with Crippen molar-refractivity contribution in [2.45, 2.75) is 6.92 Å². The lowest BCUT2D eigenvalue weighted by molar-refractivity contribution is 0.0517. The highest BCUT2D eigenvalue weighted by Crippen LogP contribution is 2.32. The van der Waals surface area contributed by atoms with Gasteiger partial charge in [-0.25, -0.2) is 4.79 Å². The van der Waals surface area contributed by atoms with Gasteiger partial charge >= 0.3 is 5.97 Å². The molecule has 0 bridgehead atoms. The summed E-state index contributed by atoms with van der Waals surface area (Å²) in [6, 6.07) is 5.08. The first kappa shape index (κ1) is 10.4. The summed E-state index contributed by atoms with van der Waals surface area (Å²) in [5.41, 5.74) is 6.77. The number of anilines is 1. The van der Waals surface area contributed by atoms with Gasteiger partial charge in [-0.05, 0) is 19.1 Å². The van der Waals surface area contributed by atoms with Gasteiger partial charge in [0.2, 0.25) is 0 Å². The van der Waals surface area contributed by atoms with Crippen molar-refractivity contribution >= 4 is 22.6 Å². The van der Waals surface area contributed by atoms with Gasteiger partial charge < -0.3 is 20.6 Å². The average molecular weight is 220 g/mol. The van der Waals surface area contributed by atoms with Crippen LogP contribution < -0.4 is 5.73 Å². The Balaban J connectivity index is 2.60. The number of hydrogen-bond donors (Lipinski definition) is 3. The third-order valence-electron chi connectivity index (χ3n) is 2.32. The monoisotopic (exact) mass is 220 g/mol. The number of para-hydroxylation sites is 1. The van der Waals surface area contributed by atoms with Crippen molar-refractivity contribution < 1.29 is 14.6 Å². The molecule has 5 heteroatoms. The Hall–Kier alpha value is -2.17. The lowest BCUT2D eigenvalue weighted by Crippen LogP contribution is -2.05. The number of aromatic amines is 1. The van der Waals surface area contributed by atoms with Gasteiger partial charge in [0.15, 0.2) is 11.4 Å². The Morgan fingerprint density at radius 1 is 1.56 bits per heavy atom. The number of carbonyl (C=O) groups is 1. The second-order valence-corrected chi connectivity index (χ2v) is 3.34. The van der Waals surface area contributed by atoms with Crippen LogP contribution in [-0.2, 0) is 4.74 Å². The number of hydrogen-bond acceptors (Lipinski definition) is 4. The molecule has 0 aliphatic heterocycles. The van der Waals surface area contributed by atoms with E-state index in [9.17, 15) is 9.90 Å². The fourth-order valence-electron chi connectivity index (χ4n) is 1.58. The zero-order chi connectivity index (χ0) is 11.7. The van der Waals surface area contributed by atoms with E-state index in [2.05, 4.69) is 4.98 Å². The van der Waals surface area contributed by atoms with E-state index in [-0.39, 0.29) is 18.1 Å². The van der Waals surface area contributed by atoms with E-state index < -0.39 is 5.97 Å². The van der Waals surface area contributed by atoms with Crippen LogP contribution in [-0.4, -0.2) is 22.7 Å². The predicted octanol–water partition coefficient (Wildman–Crippen LogP) is 1.63. The Labute approximate surface area is 91.8 Å². The molecule has 2 rings (SSSR count). The van der Waals surface area contributed by atoms with E-state index in [1.54, 1.807) is 25.1 Å². The predicted molar refractivity (Wildman–Crippen MR) is 60.3 cm³/mol. The van der Waals surface area contributed by atoms with Gasteiger partial charge in [-0.1, -0.05) is 6.07 Å². The van der Waals surface area contributed by atoms with Crippen LogP contribution in [0.2, 0.25) is 0 Å². The number of H-pyrrole nitrogens is 1. The number of fused-ring (bicyclic) bond motifs is 1. The molecule has 0 saturated heterocycles. The summed E-state index contributed by atoms with van der Waals surface area (Å²) in [4.78, 5) is 14.3. The molecule has 5 nitrogen and oxygen atoms in total. The molecule has 84 valence electrons. The number of aromatic hydroxyl groups is 1. The van der Waals surface area contributed by atoms with Crippen molar-refractivity contribution in [2.75, 3.05) is 12.3 Å². The number of rotatable bonds is 2. The SMILES string of the molecule is CCOC(=O)c1[nH]c2c(N)cccc2c1O. The van der Waals surface area contributed by atoms with E-state index in [0.717, 1.165) is 0 Å². The molecule has 16 heavy (non-hydrogen) atoms. The molecule has 1 aromatic heterocycles. The molecule has 0 amide bonds. The number of esters is 1. The standard InChI is InChI=1S/C11H12N2O3/c1-2-16-11(15)9-10(14)6-4-3-5-7(12)8(6)13-9/h3-5,13-14H,2,12H2,1H3. The Morgan fingerprint density at radius 3 is 2.94 bits per heavy atom. The molecule has 1 aromatic carbocycles. The molecule has 0 saturated carbocycles. The average Bonchev–Trinajstić information content (AvgIpc) is 2.59. The molecule has 0 aliphatic carbocycles. The molecule has 4 N–H and O–H groups in total. The van der Waals surface area contributed by atoms with Crippen LogP contribution in [0.1, 0.15) is 17.4 Å². The molecular formula is C11H12N2O3. The first-order valence-electron chi connectivity index (χ1n) is 4.91. The fraction of sp³-hybridized carbons (Fsp3) is 0.182. The van der Waals surface area contributed by atoms with Gasteiger partial charge in [0.1, 0.15) is 0 Å². The maximum atomic E-state index is 11.5. The first-order valence-corrected chi connectivity index (χ1v) is 4.91. The summed E-state index contributed by atoms with van der Waals surface area (Å²) < 4.78 is 4.81. The lowest BCUT2D eigenvalue weighted by Gasteiger charge is -1.98. The minimum absolute atomic E-state index is 0.0368. The van der Waals surface area contributed by atoms with Crippen molar-refractivity contribution in [1.29, 1.82) is 0 Å². The van der Waals surface area contributed by atoms with Gasteiger partial charge in [0.05, 0.1) is 17.8 Å². The molecule has 2 aromatic rings. The summed E-state index contributed by atoms with van der Waals surface area (Å²) in [5.74, 6) is -0.712. The maximum Gasteiger partial charge on any atom is 0.358 e. The molecule has 0 spiro atoms. The van der Waals surface area contributed by atoms with E-state index in [1.165, 1.54) is 0 Å². The molecule has 0 fully saturated rings. The van der Waals surface area contributed by atoms with E-state index in [1.807, 2.05) is 0 Å². The highest BCUT2D eigenvalue weighted by atomic mass is 16.5. The summed E-state index contributed by atoms with van der Waals surface area (Å²) in [6.07, 6.45) is 0. The van der Waals surface area contributed by atoms with Gasteiger partial charge in [0, 0.05) is 5.39 Å². The number of benzene rings is 1. The van der Waals surface area contributed by atoms with E-state index >= 15 is 0 Å². The normalized spacial score (nSPS) is 10.6. The number of ether oxygens (including phenoxy) is 1. The topological polar surface area (TPSA) is 88.3 Å². The van der Waals surface area contributed by atoms with Gasteiger partial charge in [-0.15, -0.1) is 0 Å². The minimum atomic E-state index is -0.587. The summed E-state index contributed by atoms with van der Waals surface area (Å²) in [6.45, 7) is 1.95. The Bertz CT molecular complexity index is 545. The fourth-order valence-corrected chi connectivity index (χ4v) is 1.58. The molecule has 0 atom stereocenters. The van der Waals surface area contributed by atoms with Crippen LogP contribution in [0.25, 0.3) is 10.9 Å². The highest BCUT2D eigenvalue weighted by molar-refractivity contribution is 6.04. The number of nitrogen functional groups attached to an aromatic ring is 1. The van der Waals surface area contributed by atoms with Crippen molar-refractivity contribution in [1.82, 2.24) is 4.98 Å². The third kappa shape index (κ3) is 1.46. The molecule has 0 unspecified atom stereocenters. The Kier molecular flexibility index (Phi) is 2.44. The number of nitrogens with two attached hydrogens (primary N) is 1. The van der Waals surface area contributed by atoms with Gasteiger partial charge in [-0.3, -0.25) is 0 Å². The number of carbonyl (C=O) groups excluding carboxylic acids is 1. The van der Waals surface area contributed by atoms with Gasteiger partial charge in [-0.2, -0.15) is 0 Å². The second-order valence-electron chi connectivity index (χ2n) is 3.34. The summed E-state index contributed by atoms with van der Waals surface area (Å²) in [7, 11) is 0. The summed E-state index contributed by atoms with van der Waals surface area (Å²) >= 11 is 0. The number of aromatic nitrogens is 1. The van der Waals surface area contributed by atoms with Crippen molar-refractivity contribution in [2.24, 2.45) is 0 Å². The zero-order valence-electron chi connectivity index (χ0n) is 8.78. The maximum absolute atomic E-state index is 11.5. The third-order valence-corrected chi connectivity index (χ3v) is 2.32. The van der Waals surface area contributed by atoms with Crippen molar-refractivity contribution in [3.05, 3.63) is 23.9 Å². The highest BCUT2D eigenvalue weighted by Gasteiger charge is 2.18. The van der Waals surface area contributed by atoms with E-state index in [0.29, 0.717) is 16.6 Å². The van der Waals surface area contributed by atoms with Crippen LogP contribution >= 0.6 is 0 Å². The van der Waals surface area contributed by atoms with Crippen LogP contribution in [0.4, 0.5) is 5.69 Å². The van der Waals surface area contributed by atoms with Crippen molar-refractivity contribution in [3.63, 3.8) is 0 Å². The van der Waals surface area contributed by atoms with Crippen LogP contribution in [0, 0.1) is 0 Å². The number of nitrogens with one attached hydrogen (secondary N) is 1.